The highest BCUT2D eigenvalue weighted by atomic mass is 32.1. The van der Waals surface area contributed by atoms with Crippen molar-refractivity contribution >= 4 is 53.4 Å². The van der Waals surface area contributed by atoms with E-state index in [1.807, 2.05) is 26.0 Å². The van der Waals surface area contributed by atoms with Crippen LogP contribution in [0.25, 0.3) is 20.4 Å². The fourth-order valence-electron chi connectivity index (χ4n) is 4.83. The number of ether oxygens (including phenoxy) is 3. The zero-order chi connectivity index (χ0) is 24.5. The van der Waals surface area contributed by atoms with Crippen molar-refractivity contribution in [2.24, 2.45) is 0 Å². The molecule has 8 nitrogen and oxygen atoms in total. The molecule has 1 unspecified atom stereocenters. The average Bonchev–Trinajstić information content (AvgIpc) is 3.63. The van der Waals surface area contributed by atoms with Crippen molar-refractivity contribution in [1.82, 2.24) is 14.9 Å². The third-order valence-electron chi connectivity index (χ3n) is 6.43. The van der Waals surface area contributed by atoms with Crippen LogP contribution in [0.1, 0.15) is 26.7 Å². The second kappa shape index (κ2) is 10.4. The van der Waals surface area contributed by atoms with Gasteiger partial charge in [-0.3, -0.25) is 4.90 Å². The molecule has 0 saturated carbocycles. The predicted octanol–water partition coefficient (Wildman–Crippen LogP) is 5.38. The Hall–Kier alpha value is -2.66. The van der Waals surface area contributed by atoms with Gasteiger partial charge in [0.15, 0.2) is 10.3 Å². The number of fused-ring (bicyclic) bond motifs is 2. The van der Waals surface area contributed by atoms with Gasteiger partial charge in [0.2, 0.25) is 0 Å². The van der Waals surface area contributed by atoms with Crippen LogP contribution < -0.4 is 19.3 Å². The van der Waals surface area contributed by atoms with E-state index in [9.17, 15) is 0 Å². The zero-order valence-corrected chi connectivity index (χ0v) is 22.3. The molecule has 0 amide bonds. The third kappa shape index (κ3) is 4.95. The molecule has 2 aromatic heterocycles. The largest absolute Gasteiger partial charge is 0.494 e. The predicted molar refractivity (Wildman–Crippen MR) is 147 cm³/mol. The van der Waals surface area contributed by atoms with Gasteiger partial charge in [0.05, 0.1) is 59.8 Å². The van der Waals surface area contributed by atoms with Crippen molar-refractivity contribution < 1.29 is 14.2 Å². The number of benzene rings is 2. The van der Waals surface area contributed by atoms with Crippen molar-refractivity contribution in [3.8, 4) is 11.5 Å². The summed E-state index contributed by atoms with van der Waals surface area (Å²) >= 11 is 3.43. The van der Waals surface area contributed by atoms with E-state index in [-0.39, 0.29) is 0 Å². The van der Waals surface area contributed by atoms with Crippen LogP contribution in [-0.2, 0) is 4.74 Å². The summed E-state index contributed by atoms with van der Waals surface area (Å²) in [5.41, 5.74) is 2.01. The summed E-state index contributed by atoms with van der Waals surface area (Å²) in [5, 5.41) is 2.03. The first-order valence-electron chi connectivity index (χ1n) is 12.6. The van der Waals surface area contributed by atoms with Crippen LogP contribution in [0, 0.1) is 0 Å². The Morgan fingerprint density at radius 2 is 1.44 bits per heavy atom. The van der Waals surface area contributed by atoms with Crippen LogP contribution in [0.4, 0.5) is 10.3 Å². The molecule has 0 N–H and O–H groups in total. The molecule has 4 aromatic rings. The molecule has 0 bridgehead atoms. The molecule has 0 spiro atoms. The molecule has 2 aliphatic rings. The van der Waals surface area contributed by atoms with Gasteiger partial charge in [-0.05, 0) is 63.1 Å². The van der Waals surface area contributed by atoms with E-state index in [2.05, 4.69) is 39.0 Å². The molecule has 36 heavy (non-hydrogen) atoms. The fraction of sp³-hybridized carbons (Fsp3) is 0.462. The van der Waals surface area contributed by atoms with Gasteiger partial charge in [-0.2, -0.15) is 0 Å². The van der Waals surface area contributed by atoms with Crippen molar-refractivity contribution in [1.29, 1.82) is 0 Å². The van der Waals surface area contributed by atoms with E-state index in [0.717, 1.165) is 88.2 Å². The van der Waals surface area contributed by atoms with Gasteiger partial charge in [0.25, 0.3) is 0 Å². The summed E-state index contributed by atoms with van der Waals surface area (Å²) in [4.78, 5) is 17.1. The molecule has 10 heteroatoms. The average molecular weight is 526 g/mol. The topological polar surface area (TPSA) is 63.2 Å². The highest BCUT2D eigenvalue weighted by molar-refractivity contribution is 7.22. The fourth-order valence-corrected chi connectivity index (χ4v) is 6.78. The first-order chi connectivity index (χ1) is 17.7. The molecule has 2 fully saturated rings. The summed E-state index contributed by atoms with van der Waals surface area (Å²) < 4.78 is 19.7. The lowest BCUT2D eigenvalue weighted by atomic mass is 10.2. The van der Waals surface area contributed by atoms with Crippen molar-refractivity contribution in [2.45, 2.75) is 32.8 Å². The highest BCUT2D eigenvalue weighted by Crippen LogP contribution is 2.36. The van der Waals surface area contributed by atoms with Gasteiger partial charge >= 0.3 is 0 Å². The third-order valence-corrected chi connectivity index (χ3v) is 8.59. The molecule has 0 aliphatic carbocycles. The van der Waals surface area contributed by atoms with Crippen LogP contribution in [0.15, 0.2) is 36.4 Å². The van der Waals surface area contributed by atoms with E-state index in [0.29, 0.717) is 19.3 Å². The Morgan fingerprint density at radius 3 is 1.94 bits per heavy atom. The van der Waals surface area contributed by atoms with Gasteiger partial charge in [-0.15, -0.1) is 0 Å². The lowest BCUT2D eigenvalue weighted by molar-refractivity contribution is 0.0689. The monoisotopic (exact) mass is 525 g/mol. The number of thiazole rings is 2. The van der Waals surface area contributed by atoms with Gasteiger partial charge in [-0.1, -0.05) is 22.7 Å². The van der Waals surface area contributed by atoms with Gasteiger partial charge in [-0.25, -0.2) is 9.97 Å². The minimum Gasteiger partial charge on any atom is -0.494 e. The molecule has 2 aromatic carbocycles. The molecule has 2 aliphatic heterocycles. The van der Waals surface area contributed by atoms with Crippen molar-refractivity contribution in [3.05, 3.63) is 36.4 Å². The first-order valence-corrected chi connectivity index (χ1v) is 14.2. The number of nitrogens with zero attached hydrogens (tertiary/aromatic N) is 5. The Bertz CT molecular complexity index is 1240. The van der Waals surface area contributed by atoms with Crippen LogP contribution in [-0.4, -0.2) is 67.3 Å². The number of hydrogen-bond donors (Lipinski definition) is 0. The van der Waals surface area contributed by atoms with Crippen molar-refractivity contribution in [2.75, 3.05) is 56.2 Å². The molecule has 190 valence electrons. The Morgan fingerprint density at radius 1 is 0.861 bits per heavy atom. The molecule has 6 rings (SSSR count). The Kier molecular flexibility index (Phi) is 6.83. The first kappa shape index (κ1) is 23.7. The number of aromatic nitrogens is 2. The number of anilines is 2. The zero-order valence-electron chi connectivity index (χ0n) is 20.7. The minimum atomic E-state index is 0.292. The standard InChI is InChI=1S/C26H31N5O3S2/c1-3-32-18-7-9-21-23(12-18)35-25(27-21)30-15-29(14-20-6-5-11-34-20)16-31(17-30)26-28-22-10-8-19(33-4-2)13-24(22)36-26/h7-10,12-13,20H,3-6,11,14-17H2,1-2H3. The second-order valence-electron chi connectivity index (χ2n) is 9.11. The lowest BCUT2D eigenvalue weighted by Gasteiger charge is -2.42. The van der Waals surface area contributed by atoms with Crippen LogP contribution in [0.2, 0.25) is 0 Å². The van der Waals surface area contributed by atoms with E-state index in [1.165, 1.54) is 0 Å². The van der Waals surface area contributed by atoms with Gasteiger partial charge in [0.1, 0.15) is 11.5 Å². The van der Waals surface area contributed by atoms with E-state index < -0.39 is 0 Å². The second-order valence-corrected chi connectivity index (χ2v) is 11.1. The van der Waals surface area contributed by atoms with Crippen LogP contribution >= 0.6 is 22.7 Å². The molecular weight excluding hydrogens is 494 g/mol. The Labute approximate surface area is 219 Å². The van der Waals surface area contributed by atoms with Gasteiger partial charge in [0, 0.05) is 13.2 Å². The van der Waals surface area contributed by atoms with Crippen LogP contribution in [0.3, 0.4) is 0 Å². The SMILES string of the molecule is CCOc1ccc2nc(N3CN(CC4CCCO4)CN(c4nc5ccc(OCC)cc5s4)C3)sc2c1. The molecular formula is C26H31N5O3S2. The summed E-state index contributed by atoms with van der Waals surface area (Å²) in [6, 6.07) is 12.3. The summed E-state index contributed by atoms with van der Waals surface area (Å²) in [5.74, 6) is 1.78. The maximum absolute atomic E-state index is 5.97. The summed E-state index contributed by atoms with van der Waals surface area (Å²) in [7, 11) is 0. The van der Waals surface area contributed by atoms with E-state index in [4.69, 9.17) is 24.2 Å². The minimum absolute atomic E-state index is 0.292. The van der Waals surface area contributed by atoms with Crippen molar-refractivity contribution in [3.63, 3.8) is 0 Å². The molecule has 2 saturated heterocycles. The quantitative estimate of drug-likeness (QED) is 0.304. The summed E-state index contributed by atoms with van der Waals surface area (Å²) in [6.07, 6.45) is 2.56. The lowest BCUT2D eigenvalue weighted by Crippen LogP contribution is -2.56. The molecule has 1 atom stereocenters. The van der Waals surface area contributed by atoms with Gasteiger partial charge < -0.3 is 24.0 Å². The number of hydrogen-bond acceptors (Lipinski definition) is 10. The van der Waals surface area contributed by atoms with E-state index >= 15 is 0 Å². The maximum atomic E-state index is 5.97. The molecule has 4 heterocycles. The van der Waals surface area contributed by atoms with Crippen LogP contribution in [0.5, 0.6) is 11.5 Å². The maximum Gasteiger partial charge on any atom is 0.188 e. The normalized spacial score (nSPS) is 19.0. The Balaban J connectivity index is 1.29. The molecule has 0 radical (unpaired) electrons. The highest BCUT2D eigenvalue weighted by Gasteiger charge is 2.30. The number of rotatable bonds is 8. The summed E-state index contributed by atoms with van der Waals surface area (Å²) in [6.45, 7) is 9.47. The smallest absolute Gasteiger partial charge is 0.188 e. The van der Waals surface area contributed by atoms with E-state index in [1.54, 1.807) is 22.7 Å².